The quantitative estimate of drug-likeness (QED) is 0.443. The molecule has 0 spiro atoms. The number of nitro benzene ring substituents is 1. The highest BCUT2D eigenvalue weighted by atomic mass is 16.6. The minimum atomic E-state index is -0.450. The number of hydrogen-bond donors (Lipinski definition) is 1. The third-order valence-electron chi connectivity index (χ3n) is 2.41. The highest BCUT2D eigenvalue weighted by Gasteiger charge is 2.10. The van der Waals surface area contributed by atoms with E-state index in [1.54, 1.807) is 6.07 Å². The SMILES string of the molecule is CC(C)COCCOc1ccc([N+](=O)[O-])cc1CN. The molecule has 0 saturated heterocycles. The molecule has 0 aliphatic rings. The molecule has 6 nitrogen and oxygen atoms in total. The minimum Gasteiger partial charge on any atom is -0.491 e. The van der Waals surface area contributed by atoms with Gasteiger partial charge >= 0.3 is 0 Å². The molecule has 0 saturated carbocycles. The van der Waals surface area contributed by atoms with E-state index in [-0.39, 0.29) is 12.2 Å². The van der Waals surface area contributed by atoms with Gasteiger partial charge < -0.3 is 15.2 Å². The van der Waals surface area contributed by atoms with Gasteiger partial charge in [0, 0.05) is 30.8 Å². The Kier molecular flexibility index (Phi) is 6.24. The number of ether oxygens (including phenoxy) is 2. The van der Waals surface area contributed by atoms with Crippen LogP contribution in [-0.2, 0) is 11.3 Å². The Hall–Kier alpha value is -1.66. The summed E-state index contributed by atoms with van der Waals surface area (Å²) in [6.07, 6.45) is 0. The van der Waals surface area contributed by atoms with Crippen molar-refractivity contribution in [3.8, 4) is 5.75 Å². The zero-order chi connectivity index (χ0) is 14.3. The van der Waals surface area contributed by atoms with Crippen molar-refractivity contribution in [3.63, 3.8) is 0 Å². The first-order valence-electron chi connectivity index (χ1n) is 6.22. The average Bonchev–Trinajstić information content (AvgIpc) is 2.37. The lowest BCUT2D eigenvalue weighted by Gasteiger charge is -2.11. The van der Waals surface area contributed by atoms with E-state index in [1.807, 2.05) is 0 Å². The van der Waals surface area contributed by atoms with Crippen LogP contribution in [0.3, 0.4) is 0 Å². The first-order chi connectivity index (χ1) is 9.04. The summed E-state index contributed by atoms with van der Waals surface area (Å²) in [5, 5.41) is 10.6. The molecule has 1 aromatic rings. The summed E-state index contributed by atoms with van der Waals surface area (Å²) in [4.78, 5) is 10.2. The molecule has 1 aromatic carbocycles. The number of nitro groups is 1. The smallest absolute Gasteiger partial charge is 0.270 e. The molecule has 0 aliphatic heterocycles. The predicted molar refractivity (Wildman–Crippen MR) is 72.1 cm³/mol. The summed E-state index contributed by atoms with van der Waals surface area (Å²) in [6.45, 7) is 5.92. The third-order valence-corrected chi connectivity index (χ3v) is 2.41. The Morgan fingerprint density at radius 2 is 2.11 bits per heavy atom. The van der Waals surface area contributed by atoms with Gasteiger partial charge in [0.05, 0.1) is 11.5 Å². The van der Waals surface area contributed by atoms with E-state index in [0.29, 0.717) is 37.1 Å². The molecule has 2 N–H and O–H groups in total. The highest BCUT2D eigenvalue weighted by Crippen LogP contribution is 2.23. The van der Waals surface area contributed by atoms with Crippen molar-refractivity contribution in [1.29, 1.82) is 0 Å². The van der Waals surface area contributed by atoms with E-state index in [9.17, 15) is 10.1 Å². The number of benzene rings is 1. The Morgan fingerprint density at radius 3 is 2.68 bits per heavy atom. The average molecular weight is 268 g/mol. The second-order valence-electron chi connectivity index (χ2n) is 4.57. The van der Waals surface area contributed by atoms with E-state index in [1.165, 1.54) is 12.1 Å². The number of non-ortho nitro benzene ring substituents is 1. The van der Waals surface area contributed by atoms with Crippen LogP contribution in [0.15, 0.2) is 18.2 Å². The zero-order valence-corrected chi connectivity index (χ0v) is 11.3. The van der Waals surface area contributed by atoms with Crippen LogP contribution in [-0.4, -0.2) is 24.7 Å². The Labute approximate surface area is 112 Å². The Morgan fingerprint density at radius 1 is 1.37 bits per heavy atom. The van der Waals surface area contributed by atoms with Gasteiger partial charge in [0.2, 0.25) is 0 Å². The Bertz CT molecular complexity index is 421. The maximum atomic E-state index is 10.6. The summed E-state index contributed by atoms with van der Waals surface area (Å²) in [5.74, 6) is 1.06. The van der Waals surface area contributed by atoms with Crippen LogP contribution < -0.4 is 10.5 Å². The molecule has 0 fully saturated rings. The molecule has 0 radical (unpaired) electrons. The largest absolute Gasteiger partial charge is 0.491 e. The van der Waals surface area contributed by atoms with Crippen molar-refractivity contribution in [2.45, 2.75) is 20.4 Å². The van der Waals surface area contributed by atoms with Crippen molar-refractivity contribution in [2.75, 3.05) is 19.8 Å². The number of hydrogen-bond acceptors (Lipinski definition) is 5. The van der Waals surface area contributed by atoms with E-state index in [4.69, 9.17) is 15.2 Å². The van der Waals surface area contributed by atoms with Gasteiger partial charge in [-0.1, -0.05) is 13.8 Å². The molecule has 0 aromatic heterocycles. The van der Waals surface area contributed by atoms with E-state index in [2.05, 4.69) is 13.8 Å². The van der Waals surface area contributed by atoms with Crippen molar-refractivity contribution in [2.24, 2.45) is 11.7 Å². The van der Waals surface area contributed by atoms with Gasteiger partial charge in [-0.3, -0.25) is 10.1 Å². The highest BCUT2D eigenvalue weighted by molar-refractivity contribution is 5.43. The minimum absolute atomic E-state index is 0.0175. The van der Waals surface area contributed by atoms with Crippen LogP contribution in [0.5, 0.6) is 5.75 Å². The van der Waals surface area contributed by atoms with Gasteiger partial charge in [0.15, 0.2) is 0 Å². The fraction of sp³-hybridized carbons (Fsp3) is 0.538. The molecule has 0 heterocycles. The zero-order valence-electron chi connectivity index (χ0n) is 11.3. The molecule has 19 heavy (non-hydrogen) atoms. The number of nitrogens with two attached hydrogens (primary N) is 1. The monoisotopic (exact) mass is 268 g/mol. The summed E-state index contributed by atoms with van der Waals surface area (Å²) >= 11 is 0. The van der Waals surface area contributed by atoms with Crippen molar-refractivity contribution >= 4 is 5.69 Å². The molecule has 0 unspecified atom stereocenters. The van der Waals surface area contributed by atoms with Crippen molar-refractivity contribution in [3.05, 3.63) is 33.9 Å². The number of rotatable bonds is 8. The normalized spacial score (nSPS) is 10.7. The molecule has 0 bridgehead atoms. The maximum absolute atomic E-state index is 10.6. The van der Waals surface area contributed by atoms with Gasteiger partial charge in [0.25, 0.3) is 5.69 Å². The van der Waals surface area contributed by atoms with Crippen molar-refractivity contribution < 1.29 is 14.4 Å². The molecule has 0 atom stereocenters. The number of nitrogens with zero attached hydrogens (tertiary/aromatic N) is 1. The second kappa shape index (κ2) is 7.70. The molecule has 6 heteroatoms. The van der Waals surface area contributed by atoms with E-state index in [0.717, 1.165) is 0 Å². The topological polar surface area (TPSA) is 87.6 Å². The third kappa shape index (κ3) is 5.23. The first-order valence-corrected chi connectivity index (χ1v) is 6.22. The summed E-state index contributed by atoms with van der Waals surface area (Å²) in [6, 6.07) is 4.41. The molecule has 1 rings (SSSR count). The van der Waals surface area contributed by atoms with Crippen LogP contribution in [0.1, 0.15) is 19.4 Å². The fourth-order valence-electron chi connectivity index (χ4n) is 1.51. The molecule has 106 valence electrons. The van der Waals surface area contributed by atoms with Crippen LogP contribution in [0, 0.1) is 16.0 Å². The van der Waals surface area contributed by atoms with Gasteiger partial charge in [-0.2, -0.15) is 0 Å². The maximum Gasteiger partial charge on any atom is 0.270 e. The van der Waals surface area contributed by atoms with E-state index < -0.39 is 4.92 Å². The fourth-order valence-corrected chi connectivity index (χ4v) is 1.51. The lowest BCUT2D eigenvalue weighted by Crippen LogP contribution is -2.11. The summed E-state index contributed by atoms with van der Waals surface area (Å²) in [5.41, 5.74) is 6.20. The molecular formula is C13H20N2O4. The van der Waals surface area contributed by atoms with Crippen LogP contribution >= 0.6 is 0 Å². The predicted octanol–water partition coefficient (Wildman–Crippen LogP) is 2.10. The molecule has 0 amide bonds. The second-order valence-corrected chi connectivity index (χ2v) is 4.57. The van der Waals surface area contributed by atoms with Gasteiger partial charge in [-0.15, -0.1) is 0 Å². The van der Waals surface area contributed by atoms with Gasteiger partial charge in [-0.25, -0.2) is 0 Å². The standard InChI is InChI=1S/C13H20N2O4/c1-10(2)9-18-5-6-19-13-4-3-12(15(16)17)7-11(13)8-14/h3-4,7,10H,5-6,8-9,14H2,1-2H3. The Balaban J connectivity index is 2.51. The first kappa shape index (κ1) is 15.4. The molecule has 0 aliphatic carbocycles. The van der Waals surface area contributed by atoms with E-state index >= 15 is 0 Å². The lowest BCUT2D eigenvalue weighted by molar-refractivity contribution is -0.384. The van der Waals surface area contributed by atoms with Gasteiger partial charge in [-0.05, 0) is 12.0 Å². The van der Waals surface area contributed by atoms with Crippen LogP contribution in [0.2, 0.25) is 0 Å². The van der Waals surface area contributed by atoms with Crippen molar-refractivity contribution in [1.82, 2.24) is 0 Å². The van der Waals surface area contributed by atoms with Crippen LogP contribution in [0.4, 0.5) is 5.69 Å². The molecular weight excluding hydrogens is 248 g/mol. The summed E-state index contributed by atoms with van der Waals surface area (Å²) < 4.78 is 10.9. The summed E-state index contributed by atoms with van der Waals surface area (Å²) in [7, 11) is 0. The lowest BCUT2D eigenvalue weighted by atomic mass is 10.2. The van der Waals surface area contributed by atoms with Crippen LogP contribution in [0.25, 0.3) is 0 Å². The van der Waals surface area contributed by atoms with Gasteiger partial charge in [0.1, 0.15) is 12.4 Å².